The lowest BCUT2D eigenvalue weighted by atomic mass is 9.93. The molecule has 5 aromatic rings. The van der Waals surface area contributed by atoms with Crippen LogP contribution in [0, 0.1) is 33.3 Å². The predicted octanol–water partition coefficient (Wildman–Crippen LogP) is 9.54. The lowest BCUT2D eigenvalue weighted by Crippen LogP contribution is -2.36. The Hall–Kier alpha value is -3.90. The number of nitrogens with zero attached hydrogens (tertiary/aromatic N) is 2. The van der Waals surface area contributed by atoms with Gasteiger partial charge in [-0.3, -0.25) is 0 Å². The molecule has 0 spiro atoms. The molecule has 0 aliphatic carbocycles. The number of aromatic nitrogens is 1. The van der Waals surface area contributed by atoms with Crippen LogP contribution in [-0.4, -0.2) is 0 Å². The number of pyridine rings is 1. The van der Waals surface area contributed by atoms with E-state index in [0.29, 0.717) is 17.5 Å². The Morgan fingerprint density at radius 3 is 2.08 bits per heavy atom. The van der Waals surface area contributed by atoms with Crippen LogP contribution in [0.5, 0.6) is 0 Å². The minimum Gasteiger partial charge on any atom is -0.456 e. The summed E-state index contributed by atoms with van der Waals surface area (Å²) in [6.07, 6.45) is 1.04. The summed E-state index contributed by atoms with van der Waals surface area (Å²) in [5.41, 5.74) is 12.9. The van der Waals surface area contributed by atoms with Gasteiger partial charge >= 0.3 is 0 Å². The number of aryl methyl sites for hydroxylation is 1. The van der Waals surface area contributed by atoms with E-state index in [2.05, 4.69) is 107 Å². The second kappa shape index (κ2) is 9.76. The lowest BCUT2D eigenvalue weighted by Gasteiger charge is -2.14. The fourth-order valence-electron chi connectivity index (χ4n) is 5.64. The maximum Gasteiger partial charge on any atom is 0.216 e. The third-order valence-electron chi connectivity index (χ3n) is 8.07. The first kappa shape index (κ1) is 25.7. The Morgan fingerprint density at radius 2 is 1.47 bits per heavy atom. The molecule has 0 fully saturated rings. The Labute approximate surface area is 226 Å². The number of fused-ring (bicyclic) bond motifs is 3. The van der Waals surface area contributed by atoms with Crippen molar-refractivity contribution in [2.45, 2.75) is 60.8 Å². The summed E-state index contributed by atoms with van der Waals surface area (Å²) in [5, 5.41) is 2.13. The van der Waals surface area contributed by atoms with Crippen LogP contribution in [0.15, 0.2) is 59.0 Å². The molecule has 3 nitrogen and oxygen atoms in total. The summed E-state index contributed by atoms with van der Waals surface area (Å²) < 4.78 is 9.11. The van der Waals surface area contributed by atoms with E-state index in [1.165, 1.54) is 33.6 Å². The molecule has 0 radical (unpaired) electrons. The topological polar surface area (TPSA) is 21.4 Å². The van der Waals surface area contributed by atoms with Gasteiger partial charge in [-0.15, -0.1) is 0 Å². The maximum atomic E-state index is 7.90. The van der Waals surface area contributed by atoms with Gasteiger partial charge in [0.05, 0.1) is 12.1 Å². The molecule has 0 aliphatic rings. The standard InChI is InChI=1S/C35H37N2O/c1-20(2)18-27-19-31(37(9)24(7)23(27)6)32-22(5)10-15-28-29-16-17-30(36-8)33(35(29)38-34(28)32)26-13-11-25(12-14-26)21(3)4/h10-17,19-21H,18H2,1-7,9H3/q+1. The zero-order valence-electron chi connectivity index (χ0n) is 23.9. The van der Waals surface area contributed by atoms with Crippen molar-refractivity contribution in [2.24, 2.45) is 13.0 Å². The average Bonchev–Trinajstić information content (AvgIpc) is 3.27. The van der Waals surface area contributed by atoms with E-state index >= 15 is 0 Å². The molecule has 0 amide bonds. The molecule has 0 unspecified atom stereocenters. The summed E-state index contributed by atoms with van der Waals surface area (Å²) in [4.78, 5) is 3.88. The van der Waals surface area contributed by atoms with E-state index < -0.39 is 0 Å². The lowest BCUT2D eigenvalue weighted by molar-refractivity contribution is -0.667. The molecular weight excluding hydrogens is 464 g/mol. The maximum absolute atomic E-state index is 7.90. The Kier molecular flexibility index (Phi) is 6.61. The van der Waals surface area contributed by atoms with Crippen molar-refractivity contribution in [3.63, 3.8) is 0 Å². The zero-order chi connectivity index (χ0) is 27.3. The number of furan rings is 1. The van der Waals surface area contributed by atoms with Crippen molar-refractivity contribution in [1.29, 1.82) is 0 Å². The summed E-state index contributed by atoms with van der Waals surface area (Å²) in [7, 11) is 2.15. The van der Waals surface area contributed by atoms with E-state index in [1.807, 2.05) is 12.1 Å². The van der Waals surface area contributed by atoms with Gasteiger partial charge < -0.3 is 4.42 Å². The first-order chi connectivity index (χ1) is 18.1. The Balaban J connectivity index is 1.83. The SMILES string of the molecule is [C-]#[N+]c1ccc2c(oc3c(-c4cc(CC(C)C)c(C)c(C)[n+]4C)c(C)ccc32)c1-c1ccc(C(C)C)cc1. The van der Waals surface area contributed by atoms with Crippen LogP contribution in [0.4, 0.5) is 5.69 Å². The third-order valence-corrected chi connectivity index (χ3v) is 8.07. The molecule has 2 aromatic heterocycles. The van der Waals surface area contributed by atoms with Gasteiger partial charge in [0.2, 0.25) is 5.69 Å². The molecular formula is C35H37N2O+. The van der Waals surface area contributed by atoms with Gasteiger partial charge in [-0.1, -0.05) is 76.2 Å². The Bertz CT molecular complexity index is 1730. The van der Waals surface area contributed by atoms with Crippen molar-refractivity contribution in [2.75, 3.05) is 0 Å². The largest absolute Gasteiger partial charge is 0.456 e. The van der Waals surface area contributed by atoms with Crippen molar-refractivity contribution in [3.05, 3.63) is 94.0 Å². The predicted molar refractivity (Wildman–Crippen MR) is 159 cm³/mol. The highest BCUT2D eigenvalue weighted by atomic mass is 16.3. The van der Waals surface area contributed by atoms with Crippen LogP contribution < -0.4 is 4.57 Å². The molecule has 0 saturated carbocycles. The summed E-state index contributed by atoms with van der Waals surface area (Å²) in [6, 6.07) is 19.3. The first-order valence-corrected chi connectivity index (χ1v) is 13.6. The third kappa shape index (κ3) is 4.19. The van der Waals surface area contributed by atoms with Crippen molar-refractivity contribution in [3.8, 4) is 22.4 Å². The summed E-state index contributed by atoms with van der Waals surface area (Å²) in [5.74, 6) is 1.03. The van der Waals surface area contributed by atoms with E-state index in [0.717, 1.165) is 45.0 Å². The van der Waals surface area contributed by atoms with E-state index in [1.54, 1.807) is 0 Å². The molecule has 0 aliphatic heterocycles. The molecule has 5 rings (SSSR count). The minimum atomic E-state index is 0.455. The highest BCUT2D eigenvalue weighted by molar-refractivity contribution is 6.15. The van der Waals surface area contributed by atoms with Crippen LogP contribution in [0.1, 0.15) is 61.6 Å². The quantitative estimate of drug-likeness (QED) is 0.173. The minimum absolute atomic E-state index is 0.455. The Morgan fingerprint density at radius 1 is 0.842 bits per heavy atom. The summed E-state index contributed by atoms with van der Waals surface area (Å²) >= 11 is 0. The fraction of sp³-hybridized carbons (Fsp3) is 0.314. The van der Waals surface area contributed by atoms with Crippen LogP contribution in [-0.2, 0) is 13.5 Å². The van der Waals surface area contributed by atoms with Crippen molar-refractivity contribution in [1.82, 2.24) is 0 Å². The molecule has 2 heterocycles. The molecule has 0 N–H and O–H groups in total. The fourth-order valence-corrected chi connectivity index (χ4v) is 5.64. The monoisotopic (exact) mass is 501 g/mol. The van der Waals surface area contributed by atoms with Gasteiger partial charge in [-0.05, 0) is 54.4 Å². The normalized spacial score (nSPS) is 11.7. The first-order valence-electron chi connectivity index (χ1n) is 13.6. The van der Waals surface area contributed by atoms with Gasteiger partial charge in [-0.2, -0.15) is 4.57 Å². The van der Waals surface area contributed by atoms with E-state index in [9.17, 15) is 0 Å². The number of hydrogen-bond acceptors (Lipinski definition) is 1. The van der Waals surface area contributed by atoms with E-state index in [4.69, 9.17) is 11.0 Å². The van der Waals surface area contributed by atoms with Crippen molar-refractivity contribution < 1.29 is 8.98 Å². The van der Waals surface area contributed by atoms with Crippen LogP contribution in [0.25, 0.3) is 49.2 Å². The van der Waals surface area contributed by atoms with Gasteiger partial charge in [0.1, 0.15) is 18.2 Å². The molecule has 0 saturated heterocycles. The van der Waals surface area contributed by atoms with Crippen LogP contribution in [0.3, 0.4) is 0 Å². The second-order valence-corrected chi connectivity index (χ2v) is 11.4. The molecule has 38 heavy (non-hydrogen) atoms. The van der Waals surface area contributed by atoms with Gasteiger partial charge in [0.25, 0.3) is 0 Å². The van der Waals surface area contributed by atoms with Gasteiger partial charge in [-0.25, -0.2) is 4.85 Å². The highest BCUT2D eigenvalue weighted by Gasteiger charge is 2.26. The number of benzene rings is 3. The smallest absolute Gasteiger partial charge is 0.216 e. The number of rotatable bonds is 5. The molecule has 0 bridgehead atoms. The molecule has 0 atom stereocenters. The van der Waals surface area contributed by atoms with E-state index in [-0.39, 0.29) is 0 Å². The zero-order valence-corrected chi connectivity index (χ0v) is 23.9. The van der Waals surface area contributed by atoms with Crippen LogP contribution in [0.2, 0.25) is 0 Å². The van der Waals surface area contributed by atoms with Gasteiger partial charge in [0.15, 0.2) is 11.4 Å². The molecule has 3 aromatic carbocycles. The van der Waals surface area contributed by atoms with Gasteiger partial charge in [0, 0.05) is 34.9 Å². The van der Waals surface area contributed by atoms with Crippen molar-refractivity contribution >= 4 is 27.6 Å². The van der Waals surface area contributed by atoms with Crippen LogP contribution >= 0.6 is 0 Å². The highest BCUT2D eigenvalue weighted by Crippen LogP contribution is 2.44. The summed E-state index contributed by atoms with van der Waals surface area (Å²) in [6.45, 7) is 23.4. The average molecular weight is 502 g/mol. The second-order valence-electron chi connectivity index (χ2n) is 11.4. The molecule has 3 heteroatoms. The molecule has 192 valence electrons. The number of hydrogen-bond donors (Lipinski definition) is 0.